The molecule has 1 aromatic rings. The molecule has 1 aliphatic heterocycles. The molecule has 1 aromatic carbocycles. The van der Waals surface area contributed by atoms with E-state index < -0.39 is 0 Å². The third kappa shape index (κ3) is 2.48. The summed E-state index contributed by atoms with van der Waals surface area (Å²) in [6, 6.07) is 10.8. The van der Waals surface area contributed by atoms with Crippen LogP contribution in [-0.2, 0) is 10.2 Å². The zero-order chi connectivity index (χ0) is 12.8. The van der Waals surface area contributed by atoms with Gasteiger partial charge in [0.1, 0.15) is 0 Å². The number of nitrogens with two attached hydrogens (primary N) is 1. The number of hydrogen-bond acceptors (Lipinski definition) is 3. The molecule has 3 heteroatoms. The van der Waals surface area contributed by atoms with Crippen molar-refractivity contribution in [3.63, 3.8) is 0 Å². The van der Waals surface area contributed by atoms with E-state index in [9.17, 15) is 0 Å². The van der Waals surface area contributed by atoms with E-state index in [0.29, 0.717) is 0 Å². The van der Waals surface area contributed by atoms with Crippen molar-refractivity contribution in [2.45, 2.75) is 30.7 Å². The Morgan fingerprint density at radius 2 is 2.00 bits per heavy atom. The molecule has 0 radical (unpaired) electrons. The molecule has 0 aliphatic carbocycles. The van der Waals surface area contributed by atoms with Gasteiger partial charge in [0, 0.05) is 24.7 Å². The minimum Gasteiger partial charge on any atom is -0.381 e. The fourth-order valence-electron chi connectivity index (χ4n) is 2.96. The number of ether oxygens (including phenoxy) is 1. The van der Waals surface area contributed by atoms with Gasteiger partial charge in [0.15, 0.2) is 0 Å². The normalized spacial score (nSPS) is 20.3. The predicted molar refractivity (Wildman–Crippen MR) is 74.1 cm³/mol. The van der Waals surface area contributed by atoms with Crippen LogP contribution in [0.3, 0.4) is 0 Å². The average molecular weight is 246 g/mol. The third-order valence-corrected chi connectivity index (χ3v) is 4.00. The molecule has 2 rings (SSSR count). The molecule has 1 atom stereocenters. The fourth-order valence-corrected chi connectivity index (χ4v) is 2.96. The second kappa shape index (κ2) is 6.14. The van der Waals surface area contributed by atoms with Gasteiger partial charge in [-0.1, -0.05) is 36.4 Å². The number of hydrazine groups is 1. The summed E-state index contributed by atoms with van der Waals surface area (Å²) in [6.45, 7) is 5.43. The van der Waals surface area contributed by atoms with Gasteiger partial charge >= 0.3 is 0 Å². The lowest BCUT2D eigenvalue weighted by molar-refractivity contribution is 0.0347. The van der Waals surface area contributed by atoms with Crippen molar-refractivity contribution in [3.05, 3.63) is 48.6 Å². The Balaban J connectivity index is 2.36. The molecule has 98 valence electrons. The lowest BCUT2D eigenvalue weighted by Gasteiger charge is -2.43. The first-order valence-electron chi connectivity index (χ1n) is 6.54. The van der Waals surface area contributed by atoms with Crippen LogP contribution in [0.2, 0.25) is 0 Å². The maximum Gasteiger partial charge on any atom is 0.0475 e. The Hall–Kier alpha value is -1.16. The topological polar surface area (TPSA) is 47.3 Å². The van der Waals surface area contributed by atoms with Gasteiger partial charge in [-0.25, -0.2) is 0 Å². The Morgan fingerprint density at radius 1 is 1.33 bits per heavy atom. The van der Waals surface area contributed by atoms with E-state index >= 15 is 0 Å². The SMILES string of the molecule is C=CCC(NN)C1(c2ccccc2)CCOCC1. The Kier molecular flexibility index (Phi) is 4.53. The number of rotatable bonds is 5. The first-order valence-corrected chi connectivity index (χ1v) is 6.54. The highest BCUT2D eigenvalue weighted by molar-refractivity contribution is 5.29. The summed E-state index contributed by atoms with van der Waals surface area (Å²) in [6.07, 6.45) is 4.80. The summed E-state index contributed by atoms with van der Waals surface area (Å²) < 4.78 is 5.52. The smallest absolute Gasteiger partial charge is 0.0475 e. The van der Waals surface area contributed by atoms with Gasteiger partial charge in [0.2, 0.25) is 0 Å². The molecule has 0 bridgehead atoms. The lowest BCUT2D eigenvalue weighted by atomic mass is 9.68. The molecule has 1 fully saturated rings. The molecule has 1 saturated heterocycles. The Bertz CT molecular complexity index is 371. The van der Waals surface area contributed by atoms with Crippen LogP contribution < -0.4 is 11.3 Å². The third-order valence-electron chi connectivity index (χ3n) is 4.00. The second-order valence-electron chi connectivity index (χ2n) is 4.88. The second-order valence-corrected chi connectivity index (χ2v) is 4.88. The van der Waals surface area contributed by atoms with Crippen LogP contribution in [0.15, 0.2) is 43.0 Å². The van der Waals surface area contributed by atoms with Crippen molar-refractivity contribution >= 4 is 0 Å². The standard InChI is InChI=1S/C15H22N2O/c1-2-6-14(17-16)15(9-11-18-12-10-15)13-7-4-3-5-8-13/h2-5,7-8,14,17H,1,6,9-12,16H2. The zero-order valence-electron chi connectivity index (χ0n) is 10.8. The molecular weight excluding hydrogens is 224 g/mol. The highest BCUT2D eigenvalue weighted by Crippen LogP contribution is 2.39. The summed E-state index contributed by atoms with van der Waals surface area (Å²) >= 11 is 0. The van der Waals surface area contributed by atoms with Crippen LogP contribution in [0, 0.1) is 0 Å². The van der Waals surface area contributed by atoms with E-state index in [-0.39, 0.29) is 11.5 Å². The molecule has 1 aliphatic rings. The molecule has 0 spiro atoms. The van der Waals surface area contributed by atoms with Gasteiger partial charge < -0.3 is 4.74 Å². The quantitative estimate of drug-likeness (QED) is 0.475. The summed E-state index contributed by atoms with van der Waals surface area (Å²) in [7, 11) is 0. The van der Waals surface area contributed by atoms with E-state index in [4.69, 9.17) is 10.6 Å². The minimum absolute atomic E-state index is 0.0580. The molecular formula is C15H22N2O. The van der Waals surface area contributed by atoms with Crippen molar-refractivity contribution in [1.29, 1.82) is 0 Å². The van der Waals surface area contributed by atoms with Gasteiger partial charge in [-0.2, -0.15) is 0 Å². The van der Waals surface area contributed by atoms with Crippen LogP contribution in [0.1, 0.15) is 24.8 Å². The van der Waals surface area contributed by atoms with E-state index in [0.717, 1.165) is 32.5 Å². The number of benzene rings is 1. The monoisotopic (exact) mass is 246 g/mol. The van der Waals surface area contributed by atoms with Crippen LogP contribution >= 0.6 is 0 Å². The van der Waals surface area contributed by atoms with Crippen LogP contribution in [0.25, 0.3) is 0 Å². The minimum atomic E-state index is 0.0580. The van der Waals surface area contributed by atoms with Crippen molar-refractivity contribution in [2.24, 2.45) is 5.84 Å². The fraction of sp³-hybridized carbons (Fsp3) is 0.467. The molecule has 1 unspecified atom stereocenters. The van der Waals surface area contributed by atoms with E-state index in [2.05, 4.69) is 42.3 Å². The first kappa shape index (κ1) is 13.3. The van der Waals surface area contributed by atoms with Gasteiger partial charge in [-0.05, 0) is 24.8 Å². The summed E-state index contributed by atoms with van der Waals surface area (Å²) in [5.74, 6) is 5.77. The molecule has 0 aromatic heterocycles. The lowest BCUT2D eigenvalue weighted by Crippen LogP contribution is -2.53. The van der Waals surface area contributed by atoms with E-state index in [1.165, 1.54) is 5.56 Å². The van der Waals surface area contributed by atoms with Crippen LogP contribution in [0.4, 0.5) is 0 Å². The van der Waals surface area contributed by atoms with Crippen LogP contribution in [-0.4, -0.2) is 19.3 Å². The molecule has 1 heterocycles. The highest BCUT2D eigenvalue weighted by atomic mass is 16.5. The highest BCUT2D eigenvalue weighted by Gasteiger charge is 2.40. The number of hydrogen-bond donors (Lipinski definition) is 2. The van der Waals surface area contributed by atoms with Crippen LogP contribution in [0.5, 0.6) is 0 Å². The van der Waals surface area contributed by atoms with Gasteiger partial charge in [0.05, 0.1) is 0 Å². The first-order chi connectivity index (χ1) is 8.83. The van der Waals surface area contributed by atoms with E-state index in [1.807, 2.05) is 6.08 Å². The summed E-state index contributed by atoms with van der Waals surface area (Å²) in [5.41, 5.74) is 4.39. The Morgan fingerprint density at radius 3 is 2.56 bits per heavy atom. The molecule has 18 heavy (non-hydrogen) atoms. The summed E-state index contributed by atoms with van der Waals surface area (Å²) in [5, 5.41) is 0. The van der Waals surface area contributed by atoms with Gasteiger partial charge in [-0.15, -0.1) is 6.58 Å². The maximum atomic E-state index is 5.77. The van der Waals surface area contributed by atoms with Gasteiger partial charge in [-0.3, -0.25) is 11.3 Å². The molecule has 0 amide bonds. The maximum absolute atomic E-state index is 5.77. The van der Waals surface area contributed by atoms with Crippen molar-refractivity contribution in [2.75, 3.05) is 13.2 Å². The van der Waals surface area contributed by atoms with E-state index in [1.54, 1.807) is 0 Å². The zero-order valence-corrected chi connectivity index (χ0v) is 10.8. The molecule has 0 saturated carbocycles. The van der Waals surface area contributed by atoms with Crippen molar-refractivity contribution < 1.29 is 4.74 Å². The van der Waals surface area contributed by atoms with Crippen molar-refractivity contribution in [1.82, 2.24) is 5.43 Å². The predicted octanol–water partition coefficient (Wildman–Crippen LogP) is 2.14. The number of nitrogens with one attached hydrogen (secondary N) is 1. The largest absolute Gasteiger partial charge is 0.381 e. The Labute approximate surface area is 109 Å². The van der Waals surface area contributed by atoms with Gasteiger partial charge in [0.25, 0.3) is 0 Å². The summed E-state index contributed by atoms with van der Waals surface area (Å²) in [4.78, 5) is 0. The average Bonchev–Trinajstić information content (AvgIpc) is 2.46. The molecule has 3 nitrogen and oxygen atoms in total. The molecule has 3 N–H and O–H groups in total. The van der Waals surface area contributed by atoms with Crippen molar-refractivity contribution in [3.8, 4) is 0 Å².